The van der Waals surface area contributed by atoms with E-state index in [1.807, 2.05) is 0 Å². The number of sulfonamides is 1. The van der Waals surface area contributed by atoms with Gasteiger partial charge in [-0.15, -0.1) is 0 Å². The topological polar surface area (TPSA) is 72.2 Å². The third kappa shape index (κ3) is 3.13. The van der Waals surface area contributed by atoms with E-state index in [1.165, 1.54) is 6.07 Å². The number of benzene rings is 1. The molecule has 1 aliphatic carbocycles. The number of rotatable bonds is 5. The highest BCUT2D eigenvalue weighted by molar-refractivity contribution is 7.89. The van der Waals surface area contributed by atoms with Gasteiger partial charge in [0.15, 0.2) is 0 Å². The lowest BCUT2D eigenvalue weighted by Crippen LogP contribution is -2.34. The van der Waals surface area contributed by atoms with E-state index in [9.17, 15) is 21.6 Å². The van der Waals surface area contributed by atoms with Gasteiger partial charge < -0.3 is 5.73 Å². The van der Waals surface area contributed by atoms with E-state index >= 15 is 0 Å². The Balaban J connectivity index is 2.26. The predicted molar refractivity (Wildman–Crippen MR) is 67.4 cm³/mol. The second-order valence-electron chi connectivity index (χ2n) is 5.02. The van der Waals surface area contributed by atoms with Crippen molar-refractivity contribution in [1.29, 1.82) is 0 Å². The van der Waals surface area contributed by atoms with Crippen molar-refractivity contribution >= 4 is 10.0 Å². The summed E-state index contributed by atoms with van der Waals surface area (Å²) in [6.07, 6.45) is -3.14. The van der Waals surface area contributed by atoms with E-state index in [2.05, 4.69) is 4.72 Å². The van der Waals surface area contributed by atoms with Crippen molar-refractivity contribution in [1.82, 2.24) is 4.72 Å². The van der Waals surface area contributed by atoms with Crippen LogP contribution in [-0.2, 0) is 16.2 Å². The fourth-order valence-electron chi connectivity index (χ4n) is 1.89. The Bertz CT molecular complexity index is 595. The smallest absolute Gasteiger partial charge is 0.330 e. The van der Waals surface area contributed by atoms with Crippen molar-refractivity contribution in [3.63, 3.8) is 0 Å². The second-order valence-corrected chi connectivity index (χ2v) is 6.76. The van der Waals surface area contributed by atoms with Crippen molar-refractivity contribution in [2.75, 3.05) is 13.1 Å². The number of nitrogens with two attached hydrogens (primary N) is 1. The Morgan fingerprint density at radius 2 is 1.85 bits per heavy atom. The molecule has 0 saturated heterocycles. The fraction of sp³-hybridized carbons (Fsp3) is 0.500. The van der Waals surface area contributed by atoms with Crippen LogP contribution in [0.4, 0.5) is 13.2 Å². The second kappa shape index (κ2) is 5.01. The Kier molecular flexibility index (Phi) is 3.83. The van der Waals surface area contributed by atoms with Crippen molar-refractivity contribution in [2.45, 2.75) is 23.9 Å². The molecule has 4 nitrogen and oxygen atoms in total. The fourth-order valence-corrected chi connectivity index (χ4v) is 3.27. The molecule has 1 aliphatic rings. The molecule has 0 bridgehead atoms. The summed E-state index contributed by atoms with van der Waals surface area (Å²) in [4.78, 5) is -0.750. The van der Waals surface area contributed by atoms with Gasteiger partial charge in [0.2, 0.25) is 10.0 Å². The van der Waals surface area contributed by atoms with E-state index in [1.54, 1.807) is 0 Å². The van der Waals surface area contributed by atoms with Gasteiger partial charge >= 0.3 is 6.18 Å². The zero-order chi connectivity index (χ0) is 15.0. The summed E-state index contributed by atoms with van der Waals surface area (Å²) in [6, 6.07) is 4.13. The number of hydrogen-bond donors (Lipinski definition) is 2. The van der Waals surface area contributed by atoms with Crippen molar-refractivity contribution < 1.29 is 21.6 Å². The van der Waals surface area contributed by atoms with Crippen LogP contribution in [-0.4, -0.2) is 21.5 Å². The van der Waals surface area contributed by atoms with Crippen LogP contribution < -0.4 is 10.5 Å². The van der Waals surface area contributed by atoms with Crippen LogP contribution in [0.15, 0.2) is 29.2 Å². The molecule has 0 heterocycles. The molecule has 1 saturated carbocycles. The third-order valence-corrected chi connectivity index (χ3v) is 4.97. The van der Waals surface area contributed by atoms with Gasteiger partial charge in [-0.3, -0.25) is 0 Å². The number of hydrogen-bond acceptors (Lipinski definition) is 3. The maximum Gasteiger partial charge on any atom is 0.417 e. The zero-order valence-corrected chi connectivity index (χ0v) is 11.4. The molecule has 2 rings (SSSR count). The highest BCUT2D eigenvalue weighted by atomic mass is 32.2. The summed E-state index contributed by atoms with van der Waals surface area (Å²) in [7, 11) is -4.20. The molecule has 3 N–H and O–H groups in total. The largest absolute Gasteiger partial charge is 0.417 e. The number of nitrogens with one attached hydrogen (secondary N) is 1. The van der Waals surface area contributed by atoms with Gasteiger partial charge in [-0.25, -0.2) is 13.1 Å². The summed E-state index contributed by atoms with van der Waals surface area (Å²) >= 11 is 0. The summed E-state index contributed by atoms with van der Waals surface area (Å²) in [5.41, 5.74) is 4.07. The highest BCUT2D eigenvalue weighted by Gasteiger charge is 2.43. The molecule has 0 radical (unpaired) electrons. The molecule has 1 aromatic rings. The van der Waals surface area contributed by atoms with Gasteiger partial charge in [-0.2, -0.15) is 13.2 Å². The Labute approximate surface area is 115 Å². The molecule has 0 aromatic heterocycles. The first-order valence-electron chi connectivity index (χ1n) is 6.06. The molecule has 0 spiro atoms. The lowest BCUT2D eigenvalue weighted by Gasteiger charge is -2.16. The zero-order valence-electron chi connectivity index (χ0n) is 10.6. The van der Waals surface area contributed by atoms with E-state index in [-0.39, 0.29) is 12.0 Å². The first-order valence-corrected chi connectivity index (χ1v) is 7.55. The minimum atomic E-state index is -4.71. The number of halogens is 3. The standard InChI is InChI=1S/C12H15F3N2O2S/c13-12(14,15)9-3-1-2-4-10(9)20(18,19)17-8-11(7-16)5-6-11/h1-4,17H,5-8,16H2. The highest BCUT2D eigenvalue weighted by Crippen LogP contribution is 2.44. The quantitative estimate of drug-likeness (QED) is 0.870. The first kappa shape index (κ1) is 15.3. The van der Waals surface area contributed by atoms with Crippen LogP contribution in [0.2, 0.25) is 0 Å². The van der Waals surface area contributed by atoms with E-state index in [4.69, 9.17) is 5.73 Å². The van der Waals surface area contributed by atoms with Gasteiger partial charge in [-0.05, 0) is 36.9 Å². The van der Waals surface area contributed by atoms with Gasteiger partial charge in [0, 0.05) is 6.54 Å². The lowest BCUT2D eigenvalue weighted by molar-refractivity contribution is -0.139. The monoisotopic (exact) mass is 308 g/mol. The van der Waals surface area contributed by atoms with Crippen LogP contribution in [0, 0.1) is 5.41 Å². The average Bonchev–Trinajstić information content (AvgIpc) is 3.16. The molecule has 0 atom stereocenters. The molecule has 1 fully saturated rings. The molecule has 0 aliphatic heterocycles. The normalized spacial score (nSPS) is 18.0. The summed E-state index contributed by atoms with van der Waals surface area (Å²) < 4.78 is 64.8. The van der Waals surface area contributed by atoms with E-state index in [0.717, 1.165) is 31.0 Å². The molecule has 8 heteroatoms. The van der Waals surface area contributed by atoms with Crippen LogP contribution >= 0.6 is 0 Å². The van der Waals surface area contributed by atoms with Crippen LogP contribution in [0.25, 0.3) is 0 Å². The summed E-state index contributed by atoms with van der Waals surface area (Å²) in [5, 5.41) is 0. The van der Waals surface area contributed by atoms with Crippen LogP contribution in [0.5, 0.6) is 0 Å². The van der Waals surface area contributed by atoms with Crippen molar-refractivity contribution in [3.8, 4) is 0 Å². The Morgan fingerprint density at radius 1 is 1.25 bits per heavy atom. The molecule has 20 heavy (non-hydrogen) atoms. The third-order valence-electron chi connectivity index (χ3n) is 3.51. The lowest BCUT2D eigenvalue weighted by atomic mass is 10.1. The summed E-state index contributed by atoms with van der Waals surface area (Å²) in [6.45, 7) is 0.383. The average molecular weight is 308 g/mol. The maximum atomic E-state index is 12.8. The van der Waals surface area contributed by atoms with E-state index < -0.39 is 26.7 Å². The SMILES string of the molecule is NCC1(CNS(=O)(=O)c2ccccc2C(F)(F)F)CC1. The molecular formula is C12H15F3N2O2S. The first-order chi connectivity index (χ1) is 9.20. The van der Waals surface area contributed by atoms with E-state index in [0.29, 0.717) is 6.54 Å². The molecule has 0 amide bonds. The molecule has 1 aromatic carbocycles. The van der Waals surface area contributed by atoms with Crippen molar-refractivity contribution in [2.24, 2.45) is 11.1 Å². The minimum absolute atomic E-state index is 0.0675. The Hall–Kier alpha value is -1.12. The molecular weight excluding hydrogens is 293 g/mol. The maximum absolute atomic E-state index is 12.8. The van der Waals surface area contributed by atoms with Gasteiger partial charge in [0.25, 0.3) is 0 Å². The summed E-state index contributed by atoms with van der Waals surface area (Å²) in [5.74, 6) is 0. The minimum Gasteiger partial charge on any atom is -0.330 e. The number of alkyl halides is 3. The Morgan fingerprint density at radius 3 is 2.35 bits per heavy atom. The van der Waals surface area contributed by atoms with Gasteiger partial charge in [-0.1, -0.05) is 12.1 Å². The van der Waals surface area contributed by atoms with Crippen molar-refractivity contribution in [3.05, 3.63) is 29.8 Å². The predicted octanol–water partition coefficient (Wildman–Crippen LogP) is 1.72. The van der Waals surface area contributed by atoms with Crippen LogP contribution in [0.1, 0.15) is 18.4 Å². The van der Waals surface area contributed by atoms with Gasteiger partial charge in [0.05, 0.1) is 10.5 Å². The van der Waals surface area contributed by atoms with Crippen LogP contribution in [0.3, 0.4) is 0 Å². The molecule has 112 valence electrons. The molecule has 0 unspecified atom stereocenters. The van der Waals surface area contributed by atoms with Gasteiger partial charge in [0.1, 0.15) is 0 Å².